The van der Waals surface area contributed by atoms with E-state index in [1.54, 1.807) is 0 Å². The number of hydrogen-bond acceptors (Lipinski definition) is 3. The minimum atomic E-state index is 0.0720. The number of unbranched alkanes of at least 4 members (excludes halogenated alkanes) is 3. The number of amides is 1. The van der Waals surface area contributed by atoms with E-state index in [0.717, 1.165) is 19.5 Å². The fraction of sp³-hybridized carbons (Fsp3) is 0.900. The highest BCUT2D eigenvalue weighted by Gasteiger charge is 1.97. The van der Waals surface area contributed by atoms with Crippen LogP contribution in [0.25, 0.3) is 0 Å². The second-order valence-corrected chi connectivity index (χ2v) is 3.41. The molecule has 0 aromatic heterocycles. The first-order valence-electron chi connectivity index (χ1n) is 5.42. The Bertz CT molecular complexity index is 139. The van der Waals surface area contributed by atoms with Gasteiger partial charge in [-0.2, -0.15) is 0 Å². The zero-order valence-electron chi connectivity index (χ0n) is 9.14. The topological polar surface area (TPSA) is 67.1 Å². The van der Waals surface area contributed by atoms with Crippen LogP contribution in [-0.2, 0) is 4.79 Å². The molecule has 0 aromatic carbocycles. The first-order chi connectivity index (χ1) is 6.81. The largest absolute Gasteiger partial charge is 0.356 e. The van der Waals surface area contributed by atoms with E-state index in [9.17, 15) is 4.79 Å². The number of carbonyl (C=O) groups excluding carboxylic acids is 1. The maximum atomic E-state index is 11.0. The van der Waals surface area contributed by atoms with Crippen LogP contribution in [0, 0.1) is 0 Å². The molecule has 1 amide bonds. The van der Waals surface area contributed by atoms with E-state index in [1.165, 1.54) is 19.3 Å². The zero-order chi connectivity index (χ0) is 10.6. The third-order valence-electron chi connectivity index (χ3n) is 2.05. The lowest BCUT2D eigenvalue weighted by atomic mass is 10.2. The maximum absolute atomic E-state index is 11.0. The van der Waals surface area contributed by atoms with Crippen LogP contribution in [-0.4, -0.2) is 32.6 Å². The molecule has 84 valence electrons. The predicted molar refractivity (Wildman–Crippen MR) is 59.1 cm³/mol. The van der Waals surface area contributed by atoms with E-state index in [-0.39, 0.29) is 5.91 Å². The normalized spacial score (nSPS) is 10.1. The molecule has 0 aliphatic carbocycles. The molecule has 0 heterocycles. The molecule has 0 unspecified atom stereocenters. The Labute approximate surface area is 86.6 Å². The monoisotopic (exact) mass is 201 g/mol. The van der Waals surface area contributed by atoms with Crippen molar-refractivity contribution in [3.05, 3.63) is 0 Å². The van der Waals surface area contributed by atoms with Crippen molar-refractivity contribution >= 4 is 5.91 Å². The minimum Gasteiger partial charge on any atom is -0.356 e. The van der Waals surface area contributed by atoms with Gasteiger partial charge in [-0.1, -0.05) is 12.8 Å². The van der Waals surface area contributed by atoms with E-state index in [0.29, 0.717) is 13.0 Å². The van der Waals surface area contributed by atoms with Gasteiger partial charge in [-0.05, 0) is 26.4 Å². The van der Waals surface area contributed by atoms with Crippen molar-refractivity contribution in [2.75, 3.05) is 26.7 Å². The highest BCUT2D eigenvalue weighted by atomic mass is 16.1. The summed E-state index contributed by atoms with van der Waals surface area (Å²) < 4.78 is 0. The molecule has 0 rings (SSSR count). The molecule has 4 heteroatoms. The Morgan fingerprint density at radius 1 is 1.14 bits per heavy atom. The van der Waals surface area contributed by atoms with Gasteiger partial charge in [0.1, 0.15) is 0 Å². The van der Waals surface area contributed by atoms with Gasteiger partial charge >= 0.3 is 0 Å². The first kappa shape index (κ1) is 13.4. The average Bonchev–Trinajstić information content (AvgIpc) is 2.17. The van der Waals surface area contributed by atoms with Gasteiger partial charge in [0.25, 0.3) is 0 Å². The summed E-state index contributed by atoms with van der Waals surface area (Å²) >= 11 is 0. The average molecular weight is 201 g/mol. The molecule has 0 aromatic rings. The predicted octanol–water partition coefficient (Wildman–Crippen LogP) is 0.231. The van der Waals surface area contributed by atoms with Crippen molar-refractivity contribution in [1.82, 2.24) is 10.6 Å². The molecule has 0 fully saturated rings. The third kappa shape index (κ3) is 9.48. The molecule has 4 N–H and O–H groups in total. The molecule has 0 saturated carbocycles. The summed E-state index contributed by atoms with van der Waals surface area (Å²) in [4.78, 5) is 11.0. The van der Waals surface area contributed by atoms with Crippen LogP contribution >= 0.6 is 0 Å². The standard InChI is InChI=1S/C10H23N3O/c1-12-8-4-2-3-5-9-13-10(14)6-7-11/h12H,2-9,11H2,1H3,(H,13,14). The lowest BCUT2D eigenvalue weighted by Gasteiger charge is -2.03. The number of nitrogens with one attached hydrogen (secondary N) is 2. The van der Waals surface area contributed by atoms with Gasteiger partial charge in [-0.25, -0.2) is 0 Å². The van der Waals surface area contributed by atoms with Crippen LogP contribution < -0.4 is 16.4 Å². The van der Waals surface area contributed by atoms with Crippen molar-refractivity contribution in [2.45, 2.75) is 32.1 Å². The number of nitrogens with two attached hydrogens (primary N) is 1. The Kier molecular flexibility index (Phi) is 10.0. The smallest absolute Gasteiger partial charge is 0.221 e. The highest BCUT2D eigenvalue weighted by molar-refractivity contribution is 5.75. The second-order valence-electron chi connectivity index (χ2n) is 3.41. The summed E-state index contributed by atoms with van der Waals surface area (Å²) in [6.45, 7) is 2.31. The molecule has 0 bridgehead atoms. The zero-order valence-corrected chi connectivity index (χ0v) is 9.14. The molecule has 0 radical (unpaired) electrons. The number of hydrogen-bond donors (Lipinski definition) is 3. The van der Waals surface area contributed by atoms with Crippen LogP contribution in [0.4, 0.5) is 0 Å². The van der Waals surface area contributed by atoms with Crippen molar-refractivity contribution < 1.29 is 4.79 Å². The lowest BCUT2D eigenvalue weighted by Crippen LogP contribution is -2.26. The summed E-state index contributed by atoms with van der Waals surface area (Å²) in [5.41, 5.74) is 5.25. The van der Waals surface area contributed by atoms with Crippen molar-refractivity contribution in [3.63, 3.8) is 0 Å². The van der Waals surface area contributed by atoms with E-state index >= 15 is 0 Å². The summed E-state index contributed by atoms with van der Waals surface area (Å²) in [5.74, 6) is 0.0720. The molecular formula is C10H23N3O. The Morgan fingerprint density at radius 3 is 2.36 bits per heavy atom. The van der Waals surface area contributed by atoms with Crippen LogP contribution in [0.3, 0.4) is 0 Å². The van der Waals surface area contributed by atoms with Crippen LogP contribution in [0.2, 0.25) is 0 Å². The van der Waals surface area contributed by atoms with Gasteiger partial charge in [-0.3, -0.25) is 4.79 Å². The summed E-state index contributed by atoms with van der Waals surface area (Å²) in [7, 11) is 1.97. The molecule has 14 heavy (non-hydrogen) atoms. The van der Waals surface area contributed by atoms with Gasteiger partial charge in [0.15, 0.2) is 0 Å². The molecule has 0 aliphatic heterocycles. The Hall–Kier alpha value is -0.610. The van der Waals surface area contributed by atoms with Crippen molar-refractivity contribution in [1.29, 1.82) is 0 Å². The molecule has 0 aliphatic rings. The fourth-order valence-corrected chi connectivity index (χ4v) is 1.23. The van der Waals surface area contributed by atoms with E-state index in [4.69, 9.17) is 5.73 Å². The highest BCUT2D eigenvalue weighted by Crippen LogP contribution is 1.97. The Morgan fingerprint density at radius 2 is 1.79 bits per heavy atom. The molecule has 4 nitrogen and oxygen atoms in total. The molecule has 0 saturated heterocycles. The van der Waals surface area contributed by atoms with Gasteiger partial charge in [0.2, 0.25) is 5.91 Å². The number of rotatable bonds is 9. The fourth-order valence-electron chi connectivity index (χ4n) is 1.23. The molecule has 0 spiro atoms. The van der Waals surface area contributed by atoms with Crippen LogP contribution in [0.1, 0.15) is 32.1 Å². The van der Waals surface area contributed by atoms with Gasteiger partial charge in [0.05, 0.1) is 0 Å². The van der Waals surface area contributed by atoms with Gasteiger partial charge in [-0.15, -0.1) is 0 Å². The van der Waals surface area contributed by atoms with Crippen molar-refractivity contribution in [3.8, 4) is 0 Å². The molecule has 0 atom stereocenters. The van der Waals surface area contributed by atoms with Crippen LogP contribution in [0.5, 0.6) is 0 Å². The lowest BCUT2D eigenvalue weighted by molar-refractivity contribution is -0.120. The quantitative estimate of drug-likeness (QED) is 0.468. The van der Waals surface area contributed by atoms with Gasteiger partial charge < -0.3 is 16.4 Å². The minimum absolute atomic E-state index is 0.0720. The SMILES string of the molecule is CNCCCCCCNC(=O)CCN. The van der Waals surface area contributed by atoms with E-state index in [1.807, 2.05) is 7.05 Å². The summed E-state index contributed by atoms with van der Waals surface area (Å²) in [6.07, 6.45) is 5.14. The van der Waals surface area contributed by atoms with Crippen molar-refractivity contribution in [2.24, 2.45) is 5.73 Å². The first-order valence-corrected chi connectivity index (χ1v) is 5.42. The number of carbonyl (C=O) groups is 1. The van der Waals surface area contributed by atoms with Gasteiger partial charge in [0, 0.05) is 19.5 Å². The third-order valence-corrected chi connectivity index (χ3v) is 2.05. The van der Waals surface area contributed by atoms with E-state index in [2.05, 4.69) is 10.6 Å². The summed E-state index contributed by atoms with van der Waals surface area (Å²) in [5, 5.41) is 5.95. The molecular weight excluding hydrogens is 178 g/mol. The second kappa shape index (κ2) is 10.5. The van der Waals surface area contributed by atoms with Crippen LogP contribution in [0.15, 0.2) is 0 Å². The van der Waals surface area contributed by atoms with E-state index < -0.39 is 0 Å². The maximum Gasteiger partial charge on any atom is 0.221 e. The Balaban J connectivity index is 3.01. The summed E-state index contributed by atoms with van der Waals surface area (Å²) in [6, 6.07) is 0.